The number of amides is 1. The van der Waals surface area contributed by atoms with Gasteiger partial charge in [0, 0.05) is 42.2 Å². The van der Waals surface area contributed by atoms with E-state index in [0.717, 1.165) is 45.8 Å². The Morgan fingerprint density at radius 3 is 2.83 bits per heavy atom. The summed E-state index contributed by atoms with van der Waals surface area (Å²) in [5.41, 5.74) is 10.3. The molecule has 35 heavy (non-hydrogen) atoms. The molecule has 2 aromatic carbocycles. The molecule has 1 amide bonds. The molecular weight excluding hydrogens is 445 g/mol. The van der Waals surface area contributed by atoms with Crippen molar-refractivity contribution in [2.75, 3.05) is 12.3 Å². The first kappa shape index (κ1) is 22.0. The third-order valence-corrected chi connectivity index (χ3v) is 7.47. The number of nitrogen functional groups attached to an aromatic ring is 1. The minimum Gasteiger partial charge on any atom is -0.383 e. The lowest BCUT2D eigenvalue weighted by Crippen LogP contribution is -2.42. The SMILES string of the molecule is C[C@H]1CC[C@H](c2ccc3nn(C)cc3c2)N(C(=O)c2cc3c4c(c(N)nc3cc2F)[C@@H](C)OC4)C1. The molecule has 0 radical (unpaired) electrons. The smallest absolute Gasteiger partial charge is 0.257 e. The summed E-state index contributed by atoms with van der Waals surface area (Å²) in [5, 5.41) is 6.21. The second-order valence-electron chi connectivity index (χ2n) is 9.97. The number of halogens is 1. The van der Waals surface area contributed by atoms with E-state index >= 15 is 4.39 Å². The molecule has 2 aliphatic rings. The molecule has 180 valence electrons. The van der Waals surface area contributed by atoms with E-state index in [0.29, 0.717) is 30.4 Å². The van der Waals surface area contributed by atoms with Gasteiger partial charge in [0.25, 0.3) is 5.91 Å². The Labute approximate surface area is 202 Å². The highest BCUT2D eigenvalue weighted by Gasteiger charge is 2.34. The number of aromatic nitrogens is 3. The Morgan fingerprint density at radius 2 is 2.00 bits per heavy atom. The number of anilines is 1. The average Bonchev–Trinajstić information content (AvgIpc) is 3.40. The van der Waals surface area contributed by atoms with Gasteiger partial charge in [-0.1, -0.05) is 13.0 Å². The molecule has 6 rings (SSSR count). The van der Waals surface area contributed by atoms with E-state index in [9.17, 15) is 4.79 Å². The van der Waals surface area contributed by atoms with Crippen LogP contribution in [0.1, 0.15) is 65.9 Å². The summed E-state index contributed by atoms with van der Waals surface area (Å²) in [4.78, 5) is 20.1. The lowest BCUT2D eigenvalue weighted by molar-refractivity contribution is 0.0540. The number of likely N-dealkylation sites (tertiary alicyclic amines) is 1. The van der Waals surface area contributed by atoms with Crippen LogP contribution in [0.15, 0.2) is 36.5 Å². The zero-order valence-corrected chi connectivity index (χ0v) is 20.1. The number of benzene rings is 2. The lowest BCUT2D eigenvalue weighted by Gasteiger charge is -2.39. The molecule has 0 saturated carbocycles. The van der Waals surface area contributed by atoms with Crippen LogP contribution in [0.25, 0.3) is 21.8 Å². The Bertz CT molecular complexity index is 1500. The first-order chi connectivity index (χ1) is 16.8. The van der Waals surface area contributed by atoms with Crippen molar-refractivity contribution >= 4 is 33.5 Å². The minimum atomic E-state index is -0.582. The highest BCUT2D eigenvalue weighted by Crippen LogP contribution is 2.40. The first-order valence-electron chi connectivity index (χ1n) is 12.1. The summed E-state index contributed by atoms with van der Waals surface area (Å²) in [6.07, 6.45) is 3.63. The van der Waals surface area contributed by atoms with Gasteiger partial charge in [-0.2, -0.15) is 5.10 Å². The van der Waals surface area contributed by atoms with Crippen molar-refractivity contribution in [3.63, 3.8) is 0 Å². The van der Waals surface area contributed by atoms with Crippen LogP contribution in [0.3, 0.4) is 0 Å². The molecule has 2 aromatic heterocycles. The molecular formula is C27H28FN5O2. The van der Waals surface area contributed by atoms with Crippen LogP contribution in [0.2, 0.25) is 0 Å². The second kappa shape index (κ2) is 8.02. The molecule has 4 heterocycles. The molecule has 1 saturated heterocycles. The Kier molecular flexibility index (Phi) is 5.03. The van der Waals surface area contributed by atoms with Gasteiger partial charge in [0.05, 0.1) is 35.3 Å². The number of hydrogen-bond acceptors (Lipinski definition) is 5. The van der Waals surface area contributed by atoms with Gasteiger partial charge in [-0.05, 0) is 55.0 Å². The zero-order chi connectivity index (χ0) is 24.4. The van der Waals surface area contributed by atoms with Crippen molar-refractivity contribution < 1.29 is 13.9 Å². The average molecular weight is 474 g/mol. The standard InChI is InChI=1S/C27H28FN5O2/c1-14-4-7-24(16-5-6-22-17(8-16)12-32(3)31-22)33(11-14)27(34)19-9-18-20-13-35-15(2)25(20)26(29)30-23(18)10-21(19)28/h5-6,8-10,12,14-15,24H,4,7,11,13H2,1-3H3,(H2,29,30)/t14-,15+,24+/m0/s1. The van der Waals surface area contributed by atoms with Crippen molar-refractivity contribution in [2.24, 2.45) is 13.0 Å². The largest absolute Gasteiger partial charge is 0.383 e. The van der Waals surface area contributed by atoms with Crippen LogP contribution in [-0.2, 0) is 18.4 Å². The van der Waals surface area contributed by atoms with Gasteiger partial charge in [0.2, 0.25) is 0 Å². The quantitative estimate of drug-likeness (QED) is 0.440. The molecule has 7 nitrogen and oxygen atoms in total. The van der Waals surface area contributed by atoms with Crippen molar-refractivity contribution in [2.45, 2.75) is 45.4 Å². The molecule has 2 N–H and O–H groups in total. The summed E-state index contributed by atoms with van der Waals surface area (Å²) in [5.74, 6) is -0.196. The fraction of sp³-hybridized carbons (Fsp3) is 0.370. The van der Waals surface area contributed by atoms with Crippen LogP contribution < -0.4 is 5.73 Å². The fourth-order valence-electron chi connectivity index (χ4n) is 5.70. The van der Waals surface area contributed by atoms with Crippen molar-refractivity contribution in [3.8, 4) is 0 Å². The maximum Gasteiger partial charge on any atom is 0.257 e. The highest BCUT2D eigenvalue weighted by molar-refractivity contribution is 6.00. The molecule has 4 aromatic rings. The number of nitrogens with zero attached hydrogens (tertiary/aromatic N) is 4. The molecule has 0 aliphatic carbocycles. The summed E-state index contributed by atoms with van der Waals surface area (Å²) in [6.45, 7) is 5.00. The fourth-order valence-corrected chi connectivity index (χ4v) is 5.70. The predicted octanol–water partition coefficient (Wildman–Crippen LogP) is 5.05. The normalized spacial score (nSPS) is 22.2. The number of hydrogen-bond donors (Lipinski definition) is 1. The second-order valence-corrected chi connectivity index (χ2v) is 9.97. The van der Waals surface area contributed by atoms with Gasteiger partial charge >= 0.3 is 0 Å². The molecule has 0 unspecified atom stereocenters. The number of pyridine rings is 1. The van der Waals surface area contributed by atoms with Crippen LogP contribution in [0, 0.1) is 11.7 Å². The molecule has 0 spiro atoms. The Morgan fingerprint density at radius 1 is 1.17 bits per heavy atom. The number of carbonyl (C=O) groups is 1. The number of fused-ring (bicyclic) bond motifs is 4. The maximum atomic E-state index is 15.4. The van der Waals surface area contributed by atoms with E-state index in [-0.39, 0.29) is 23.6 Å². The third-order valence-electron chi connectivity index (χ3n) is 7.47. The number of nitrogens with two attached hydrogens (primary N) is 1. The molecule has 2 aliphatic heterocycles. The maximum absolute atomic E-state index is 15.4. The Balaban J connectivity index is 1.43. The number of aryl methyl sites for hydroxylation is 1. The summed E-state index contributed by atoms with van der Waals surface area (Å²) in [6, 6.07) is 8.95. The Hall–Kier alpha value is -3.52. The van der Waals surface area contributed by atoms with E-state index < -0.39 is 5.82 Å². The summed E-state index contributed by atoms with van der Waals surface area (Å²) >= 11 is 0. The zero-order valence-electron chi connectivity index (χ0n) is 20.1. The predicted molar refractivity (Wildman–Crippen MR) is 132 cm³/mol. The number of piperidine rings is 1. The monoisotopic (exact) mass is 473 g/mol. The van der Waals surface area contributed by atoms with Crippen LogP contribution in [-0.4, -0.2) is 32.1 Å². The molecule has 8 heteroatoms. The van der Waals surface area contributed by atoms with E-state index in [2.05, 4.69) is 23.1 Å². The van der Waals surface area contributed by atoms with Gasteiger partial charge in [0.15, 0.2) is 0 Å². The van der Waals surface area contributed by atoms with Gasteiger partial charge in [-0.15, -0.1) is 0 Å². The highest BCUT2D eigenvalue weighted by atomic mass is 19.1. The summed E-state index contributed by atoms with van der Waals surface area (Å²) in [7, 11) is 1.89. The first-order valence-corrected chi connectivity index (χ1v) is 12.1. The van der Waals surface area contributed by atoms with E-state index in [1.165, 1.54) is 6.07 Å². The number of rotatable bonds is 2. The van der Waals surface area contributed by atoms with E-state index in [1.54, 1.807) is 10.7 Å². The molecule has 0 bridgehead atoms. The van der Waals surface area contributed by atoms with Crippen LogP contribution in [0.5, 0.6) is 0 Å². The number of ether oxygens (including phenoxy) is 1. The van der Waals surface area contributed by atoms with Gasteiger partial charge < -0.3 is 15.4 Å². The minimum absolute atomic E-state index is 0.0624. The van der Waals surface area contributed by atoms with Crippen molar-refractivity contribution in [1.82, 2.24) is 19.7 Å². The van der Waals surface area contributed by atoms with Gasteiger partial charge in [0.1, 0.15) is 11.6 Å². The lowest BCUT2D eigenvalue weighted by atomic mass is 9.88. The van der Waals surface area contributed by atoms with Crippen LogP contribution >= 0.6 is 0 Å². The summed E-state index contributed by atoms with van der Waals surface area (Å²) < 4.78 is 22.9. The van der Waals surface area contributed by atoms with E-state index in [4.69, 9.17) is 10.5 Å². The molecule has 1 fully saturated rings. The van der Waals surface area contributed by atoms with Gasteiger partial charge in [-0.3, -0.25) is 9.48 Å². The topological polar surface area (TPSA) is 86.3 Å². The molecule has 3 atom stereocenters. The third kappa shape index (κ3) is 3.55. The van der Waals surface area contributed by atoms with Gasteiger partial charge in [-0.25, -0.2) is 9.37 Å². The van der Waals surface area contributed by atoms with Crippen molar-refractivity contribution in [1.29, 1.82) is 0 Å². The van der Waals surface area contributed by atoms with Crippen LogP contribution in [0.4, 0.5) is 10.2 Å². The van der Waals surface area contributed by atoms with E-state index in [1.807, 2.05) is 37.2 Å². The number of carbonyl (C=O) groups excluding carboxylic acids is 1. The van der Waals surface area contributed by atoms with Crippen molar-refractivity contribution in [3.05, 3.63) is 64.6 Å².